The maximum Gasteiger partial charge on any atom is 1.00 e. The standard InChI is InChI=1S/C15H16FNO4.K/c16-12-2-1-9(15-11(12)3-4-21-15)6-17-7-10(5-14(19)20)13(18)8-17;/h1-4,10,13,18H,5-8H2,(H,19,20);/q;+1/p-1/t10-,13-;/m1./s1. The smallest absolute Gasteiger partial charge is 0.550 e. The summed E-state index contributed by atoms with van der Waals surface area (Å²) in [7, 11) is 0. The van der Waals surface area contributed by atoms with Gasteiger partial charge in [-0.2, -0.15) is 0 Å². The number of rotatable bonds is 4. The van der Waals surface area contributed by atoms with Crippen LogP contribution in [0.1, 0.15) is 12.0 Å². The first-order valence-electron chi connectivity index (χ1n) is 6.79. The van der Waals surface area contributed by atoms with Gasteiger partial charge in [-0.05, 0) is 18.6 Å². The van der Waals surface area contributed by atoms with Gasteiger partial charge in [0.05, 0.1) is 17.8 Å². The molecule has 2 heterocycles. The zero-order valence-corrected chi connectivity index (χ0v) is 15.4. The quantitative estimate of drug-likeness (QED) is 0.627. The maximum absolute atomic E-state index is 13.6. The molecular weight excluding hydrogens is 316 g/mol. The molecule has 0 aliphatic carbocycles. The Kier molecular flexibility index (Phi) is 6.18. The van der Waals surface area contributed by atoms with Gasteiger partial charge in [0.1, 0.15) is 11.4 Å². The Morgan fingerprint density at radius 3 is 2.91 bits per heavy atom. The average Bonchev–Trinajstić information content (AvgIpc) is 3.01. The zero-order chi connectivity index (χ0) is 15.0. The fraction of sp³-hybridized carbons (Fsp3) is 0.400. The van der Waals surface area contributed by atoms with Gasteiger partial charge in [0.15, 0.2) is 0 Å². The van der Waals surface area contributed by atoms with Gasteiger partial charge in [-0.25, -0.2) is 4.39 Å². The molecule has 1 aromatic carbocycles. The minimum absolute atomic E-state index is 0. The summed E-state index contributed by atoms with van der Waals surface area (Å²) in [4.78, 5) is 12.6. The van der Waals surface area contributed by atoms with Crippen molar-refractivity contribution in [2.45, 2.75) is 19.1 Å². The van der Waals surface area contributed by atoms with Crippen LogP contribution in [0, 0.1) is 11.7 Å². The zero-order valence-electron chi connectivity index (χ0n) is 12.3. The molecule has 1 N–H and O–H groups in total. The molecule has 1 aliphatic rings. The second-order valence-corrected chi connectivity index (χ2v) is 5.47. The van der Waals surface area contributed by atoms with Crippen molar-refractivity contribution in [2.75, 3.05) is 13.1 Å². The van der Waals surface area contributed by atoms with E-state index in [1.54, 1.807) is 12.1 Å². The van der Waals surface area contributed by atoms with E-state index in [0.29, 0.717) is 30.6 Å². The number of β-amino-alcohol motifs (C(OH)–C–C–N with tert-alkyl or cyclic N) is 1. The Hall–Kier alpha value is -0.284. The predicted molar refractivity (Wildman–Crippen MR) is 70.6 cm³/mol. The number of likely N-dealkylation sites (tertiary alicyclic amines) is 1. The molecule has 1 aromatic heterocycles. The normalized spacial score (nSPS) is 21.9. The Bertz CT molecular complexity index is 675. The van der Waals surface area contributed by atoms with Crippen LogP contribution in [0.4, 0.5) is 4.39 Å². The largest absolute Gasteiger partial charge is 1.00 e. The summed E-state index contributed by atoms with van der Waals surface area (Å²) in [5, 5.41) is 21.0. The number of hydrogen-bond acceptors (Lipinski definition) is 5. The van der Waals surface area contributed by atoms with Crippen LogP contribution in [-0.4, -0.2) is 35.2 Å². The van der Waals surface area contributed by atoms with Crippen LogP contribution in [0.25, 0.3) is 11.0 Å². The fourth-order valence-corrected chi connectivity index (χ4v) is 2.94. The molecule has 7 heteroatoms. The summed E-state index contributed by atoms with van der Waals surface area (Å²) in [6.45, 7) is 1.33. The van der Waals surface area contributed by atoms with Crippen molar-refractivity contribution in [1.29, 1.82) is 0 Å². The van der Waals surface area contributed by atoms with E-state index in [-0.39, 0.29) is 69.5 Å². The average molecular weight is 331 g/mol. The molecule has 112 valence electrons. The van der Waals surface area contributed by atoms with Gasteiger partial charge < -0.3 is 19.4 Å². The van der Waals surface area contributed by atoms with E-state index in [1.165, 1.54) is 12.3 Å². The van der Waals surface area contributed by atoms with Crippen LogP contribution >= 0.6 is 0 Å². The molecule has 2 aromatic rings. The number of fused-ring (bicyclic) bond motifs is 1. The van der Waals surface area contributed by atoms with Crippen molar-refractivity contribution < 1.29 is 75.2 Å². The van der Waals surface area contributed by atoms with Crippen molar-refractivity contribution in [1.82, 2.24) is 4.90 Å². The van der Waals surface area contributed by atoms with E-state index in [0.717, 1.165) is 5.56 Å². The summed E-state index contributed by atoms with van der Waals surface area (Å²) in [5.74, 6) is -1.82. The summed E-state index contributed by atoms with van der Waals surface area (Å²) in [6, 6.07) is 4.61. The number of carboxylic acid groups (broad SMARTS) is 1. The van der Waals surface area contributed by atoms with Gasteiger partial charge in [0.25, 0.3) is 0 Å². The number of halogens is 1. The molecule has 2 atom stereocenters. The van der Waals surface area contributed by atoms with E-state index in [9.17, 15) is 19.4 Å². The van der Waals surface area contributed by atoms with Gasteiger partial charge in [-0.15, -0.1) is 0 Å². The summed E-state index contributed by atoms with van der Waals surface area (Å²) in [5.41, 5.74) is 1.31. The van der Waals surface area contributed by atoms with Gasteiger partial charge in [0, 0.05) is 37.1 Å². The molecule has 0 saturated carbocycles. The molecular formula is C15H15FKNO4. The Morgan fingerprint density at radius 1 is 1.41 bits per heavy atom. The number of benzene rings is 1. The van der Waals surface area contributed by atoms with E-state index in [1.807, 2.05) is 4.90 Å². The van der Waals surface area contributed by atoms with Crippen molar-refractivity contribution in [2.24, 2.45) is 5.92 Å². The monoisotopic (exact) mass is 331 g/mol. The van der Waals surface area contributed by atoms with Crippen molar-refractivity contribution in [3.8, 4) is 0 Å². The molecule has 0 radical (unpaired) electrons. The van der Waals surface area contributed by atoms with Crippen LogP contribution < -0.4 is 56.5 Å². The van der Waals surface area contributed by atoms with Crippen LogP contribution in [0.3, 0.4) is 0 Å². The first kappa shape index (κ1) is 18.1. The number of hydrogen-bond donors (Lipinski definition) is 1. The Labute approximate surface area is 169 Å². The number of carboxylic acids is 1. The number of nitrogens with zero attached hydrogens (tertiary/aromatic N) is 1. The minimum atomic E-state index is -1.16. The molecule has 0 bridgehead atoms. The SMILES string of the molecule is O=C([O-])C[C@@H]1CN(Cc2ccc(F)c3ccoc23)C[C@H]1O.[K+]. The van der Waals surface area contributed by atoms with Gasteiger partial charge in [-0.3, -0.25) is 4.90 Å². The van der Waals surface area contributed by atoms with E-state index in [2.05, 4.69) is 0 Å². The molecule has 1 fully saturated rings. The van der Waals surface area contributed by atoms with Crippen LogP contribution in [0.15, 0.2) is 28.9 Å². The summed E-state index contributed by atoms with van der Waals surface area (Å²) >= 11 is 0. The molecule has 3 rings (SSSR count). The van der Waals surface area contributed by atoms with Crippen LogP contribution in [0.2, 0.25) is 0 Å². The first-order chi connectivity index (χ1) is 10.0. The van der Waals surface area contributed by atoms with Crippen molar-refractivity contribution >= 4 is 16.9 Å². The third kappa shape index (κ3) is 3.79. The van der Waals surface area contributed by atoms with Crippen LogP contribution in [0.5, 0.6) is 0 Å². The number of aliphatic hydroxyl groups excluding tert-OH is 1. The van der Waals surface area contributed by atoms with E-state index in [4.69, 9.17) is 4.42 Å². The van der Waals surface area contributed by atoms with Gasteiger partial charge >= 0.3 is 51.4 Å². The molecule has 22 heavy (non-hydrogen) atoms. The van der Waals surface area contributed by atoms with Crippen molar-refractivity contribution in [3.05, 3.63) is 35.8 Å². The molecule has 5 nitrogen and oxygen atoms in total. The molecule has 0 unspecified atom stereocenters. The predicted octanol–water partition coefficient (Wildman–Crippen LogP) is -2.49. The Morgan fingerprint density at radius 2 is 2.18 bits per heavy atom. The second kappa shape index (κ2) is 7.52. The number of aliphatic hydroxyl groups is 1. The Balaban J connectivity index is 0.00000176. The number of carbonyl (C=O) groups is 1. The topological polar surface area (TPSA) is 76.7 Å². The third-order valence-electron chi connectivity index (χ3n) is 3.95. The minimum Gasteiger partial charge on any atom is -0.550 e. The third-order valence-corrected chi connectivity index (χ3v) is 3.95. The molecule has 0 amide bonds. The number of aliphatic carboxylic acids is 1. The molecule has 0 spiro atoms. The van der Waals surface area contributed by atoms with E-state index < -0.39 is 12.1 Å². The number of carbonyl (C=O) groups excluding carboxylic acids is 1. The maximum atomic E-state index is 13.6. The first-order valence-corrected chi connectivity index (χ1v) is 6.79. The van der Waals surface area contributed by atoms with Crippen LogP contribution in [-0.2, 0) is 11.3 Å². The van der Waals surface area contributed by atoms with Gasteiger partial charge in [-0.1, -0.05) is 6.07 Å². The van der Waals surface area contributed by atoms with Gasteiger partial charge in [0.2, 0.25) is 0 Å². The van der Waals surface area contributed by atoms with Crippen molar-refractivity contribution in [3.63, 3.8) is 0 Å². The summed E-state index contributed by atoms with van der Waals surface area (Å²) < 4.78 is 18.9. The second-order valence-electron chi connectivity index (χ2n) is 5.47. The fourth-order valence-electron chi connectivity index (χ4n) is 2.94. The molecule has 1 saturated heterocycles. The molecule has 1 aliphatic heterocycles. The van der Waals surface area contributed by atoms with E-state index >= 15 is 0 Å². The number of furan rings is 1. The summed E-state index contributed by atoms with van der Waals surface area (Å²) in [6.07, 6.45) is 0.599.